The first-order valence-electron chi connectivity index (χ1n) is 6.95. The highest BCUT2D eigenvalue weighted by Crippen LogP contribution is 2.30. The number of amides is 2. The van der Waals surface area contributed by atoms with Gasteiger partial charge in [0.25, 0.3) is 11.8 Å². The number of ether oxygens (including phenoxy) is 2. The van der Waals surface area contributed by atoms with Gasteiger partial charge in [0.05, 0.1) is 12.7 Å². The first-order chi connectivity index (χ1) is 11.0. The molecule has 0 aliphatic carbocycles. The topological polar surface area (TPSA) is 81.9 Å². The Bertz CT molecular complexity index is 701. The van der Waals surface area contributed by atoms with Crippen molar-refractivity contribution in [3.8, 4) is 11.5 Å². The summed E-state index contributed by atoms with van der Waals surface area (Å²) in [6, 6.07) is 14.0. The molecule has 0 saturated carbocycles. The zero-order chi connectivity index (χ0) is 16.8. The Morgan fingerprint density at radius 1 is 1.09 bits per heavy atom. The van der Waals surface area contributed by atoms with Crippen molar-refractivity contribution in [3.05, 3.63) is 54.1 Å². The molecule has 23 heavy (non-hydrogen) atoms. The predicted molar refractivity (Wildman–Crippen MR) is 86.9 cm³/mol. The number of hydrogen-bond donors (Lipinski definition) is 1. The number of carbonyl (C=O) groups is 2. The second-order valence-electron chi connectivity index (χ2n) is 4.78. The standard InChI is InChI=1S/C17H18N2O4/c1-19(12-7-4-3-5-8-12)15(20)11-23-16-13(17(18)21)9-6-10-14(16)22-2/h3-10H,11H2,1-2H3,(H2,18,21). The van der Waals surface area contributed by atoms with Crippen LogP contribution in [0.5, 0.6) is 11.5 Å². The molecule has 2 aromatic carbocycles. The second-order valence-corrected chi connectivity index (χ2v) is 4.78. The van der Waals surface area contributed by atoms with Gasteiger partial charge in [-0.3, -0.25) is 9.59 Å². The quantitative estimate of drug-likeness (QED) is 0.882. The Hall–Kier alpha value is -3.02. The zero-order valence-corrected chi connectivity index (χ0v) is 13.0. The van der Waals surface area contributed by atoms with Crippen LogP contribution in [0.2, 0.25) is 0 Å². The Balaban J connectivity index is 2.14. The summed E-state index contributed by atoms with van der Waals surface area (Å²) in [6.07, 6.45) is 0. The van der Waals surface area contributed by atoms with Crippen LogP contribution in [0.25, 0.3) is 0 Å². The normalized spacial score (nSPS) is 10.0. The third-order valence-electron chi connectivity index (χ3n) is 3.32. The number of nitrogens with two attached hydrogens (primary N) is 1. The van der Waals surface area contributed by atoms with Gasteiger partial charge < -0.3 is 20.1 Å². The van der Waals surface area contributed by atoms with Gasteiger partial charge in [0.15, 0.2) is 18.1 Å². The summed E-state index contributed by atoms with van der Waals surface area (Å²) >= 11 is 0. The van der Waals surface area contributed by atoms with Crippen LogP contribution >= 0.6 is 0 Å². The number of nitrogens with zero attached hydrogens (tertiary/aromatic N) is 1. The molecular weight excluding hydrogens is 296 g/mol. The fraction of sp³-hybridized carbons (Fsp3) is 0.176. The number of rotatable bonds is 6. The van der Waals surface area contributed by atoms with Crippen LogP contribution in [-0.4, -0.2) is 32.6 Å². The van der Waals surface area contributed by atoms with Crippen LogP contribution in [-0.2, 0) is 4.79 Å². The highest BCUT2D eigenvalue weighted by Gasteiger charge is 2.18. The molecule has 2 aromatic rings. The Labute approximate surface area is 134 Å². The number of primary amides is 1. The molecule has 6 nitrogen and oxygen atoms in total. The minimum absolute atomic E-state index is 0.164. The monoisotopic (exact) mass is 314 g/mol. The minimum Gasteiger partial charge on any atom is -0.493 e. The van der Waals surface area contributed by atoms with Crippen LogP contribution < -0.4 is 20.1 Å². The van der Waals surface area contributed by atoms with Gasteiger partial charge in [-0.1, -0.05) is 24.3 Å². The first-order valence-corrected chi connectivity index (χ1v) is 6.95. The van der Waals surface area contributed by atoms with Gasteiger partial charge >= 0.3 is 0 Å². The number of benzene rings is 2. The van der Waals surface area contributed by atoms with E-state index in [1.165, 1.54) is 18.1 Å². The molecule has 2 amide bonds. The van der Waals surface area contributed by atoms with E-state index in [9.17, 15) is 9.59 Å². The van der Waals surface area contributed by atoms with Crippen LogP contribution in [0.15, 0.2) is 48.5 Å². The van der Waals surface area contributed by atoms with Crippen LogP contribution in [0, 0.1) is 0 Å². The van der Waals surface area contributed by atoms with E-state index in [0.29, 0.717) is 5.75 Å². The van der Waals surface area contributed by atoms with E-state index in [2.05, 4.69) is 0 Å². The summed E-state index contributed by atoms with van der Waals surface area (Å²) in [5, 5.41) is 0. The van der Waals surface area contributed by atoms with Crippen molar-refractivity contribution in [1.29, 1.82) is 0 Å². The molecular formula is C17H18N2O4. The van der Waals surface area contributed by atoms with Gasteiger partial charge in [-0.2, -0.15) is 0 Å². The third kappa shape index (κ3) is 3.79. The zero-order valence-electron chi connectivity index (χ0n) is 13.0. The lowest BCUT2D eigenvalue weighted by atomic mass is 10.2. The first kappa shape index (κ1) is 16.4. The van der Waals surface area contributed by atoms with Gasteiger partial charge in [0.2, 0.25) is 0 Å². The summed E-state index contributed by atoms with van der Waals surface area (Å²) in [7, 11) is 3.10. The molecule has 6 heteroatoms. The highest BCUT2D eigenvalue weighted by atomic mass is 16.5. The van der Waals surface area contributed by atoms with Gasteiger partial charge in [-0.25, -0.2) is 0 Å². The van der Waals surface area contributed by atoms with Crippen LogP contribution in [0.4, 0.5) is 5.69 Å². The molecule has 0 aliphatic rings. The maximum absolute atomic E-state index is 12.2. The fourth-order valence-corrected chi connectivity index (χ4v) is 2.05. The molecule has 120 valence electrons. The Kier molecular flexibility index (Phi) is 5.19. The highest BCUT2D eigenvalue weighted by molar-refractivity contribution is 5.97. The van der Waals surface area contributed by atoms with Crippen molar-refractivity contribution in [2.75, 3.05) is 25.7 Å². The van der Waals surface area contributed by atoms with E-state index in [1.807, 2.05) is 30.3 Å². The maximum atomic E-state index is 12.2. The summed E-state index contributed by atoms with van der Waals surface area (Å²) in [5.74, 6) is -0.408. The van der Waals surface area contributed by atoms with Crippen LogP contribution in [0.3, 0.4) is 0 Å². The molecule has 0 heterocycles. The van der Waals surface area contributed by atoms with Gasteiger partial charge in [-0.15, -0.1) is 0 Å². The fourth-order valence-electron chi connectivity index (χ4n) is 2.05. The third-order valence-corrected chi connectivity index (χ3v) is 3.32. The van der Waals surface area contributed by atoms with Crippen molar-refractivity contribution in [2.45, 2.75) is 0 Å². The number of hydrogen-bond acceptors (Lipinski definition) is 4. The maximum Gasteiger partial charge on any atom is 0.264 e. The number of carbonyl (C=O) groups excluding carboxylic acids is 2. The SMILES string of the molecule is COc1cccc(C(N)=O)c1OCC(=O)N(C)c1ccccc1. The lowest BCUT2D eigenvalue weighted by molar-refractivity contribution is -0.120. The number of para-hydroxylation sites is 2. The molecule has 0 fully saturated rings. The molecule has 2 rings (SSSR count). The molecule has 0 spiro atoms. The van der Waals surface area contributed by atoms with E-state index in [0.717, 1.165) is 5.69 Å². The number of likely N-dealkylation sites (N-methyl/N-ethyl adjacent to an activating group) is 1. The summed E-state index contributed by atoms with van der Waals surface area (Å²) in [5.41, 5.74) is 6.24. The Morgan fingerprint density at radius 3 is 2.39 bits per heavy atom. The van der Waals surface area contributed by atoms with Crippen molar-refractivity contribution in [2.24, 2.45) is 5.73 Å². The smallest absolute Gasteiger partial charge is 0.264 e. The van der Waals surface area contributed by atoms with Crippen LogP contribution in [0.1, 0.15) is 10.4 Å². The average Bonchev–Trinajstić information content (AvgIpc) is 2.59. The summed E-state index contributed by atoms with van der Waals surface area (Å²) in [4.78, 5) is 25.2. The van der Waals surface area contributed by atoms with E-state index < -0.39 is 5.91 Å². The van der Waals surface area contributed by atoms with E-state index in [-0.39, 0.29) is 23.8 Å². The summed E-state index contributed by atoms with van der Waals surface area (Å²) < 4.78 is 10.7. The molecule has 0 atom stereocenters. The molecule has 0 unspecified atom stereocenters. The molecule has 0 aromatic heterocycles. The lowest BCUT2D eigenvalue weighted by Crippen LogP contribution is -2.31. The van der Waals surface area contributed by atoms with Gasteiger partial charge in [0.1, 0.15) is 0 Å². The number of methoxy groups -OCH3 is 1. The molecule has 2 N–H and O–H groups in total. The Morgan fingerprint density at radius 2 is 1.78 bits per heavy atom. The van der Waals surface area contributed by atoms with Crippen molar-refractivity contribution < 1.29 is 19.1 Å². The van der Waals surface area contributed by atoms with E-state index >= 15 is 0 Å². The van der Waals surface area contributed by atoms with Crippen molar-refractivity contribution in [1.82, 2.24) is 0 Å². The van der Waals surface area contributed by atoms with Crippen molar-refractivity contribution in [3.63, 3.8) is 0 Å². The second kappa shape index (κ2) is 7.31. The molecule has 0 saturated heterocycles. The van der Waals surface area contributed by atoms with Gasteiger partial charge in [0, 0.05) is 12.7 Å². The molecule has 0 radical (unpaired) electrons. The van der Waals surface area contributed by atoms with Gasteiger partial charge in [-0.05, 0) is 24.3 Å². The average molecular weight is 314 g/mol. The summed E-state index contributed by atoms with van der Waals surface area (Å²) in [6.45, 7) is -0.244. The van der Waals surface area contributed by atoms with Crippen molar-refractivity contribution >= 4 is 17.5 Å². The van der Waals surface area contributed by atoms with E-state index in [4.69, 9.17) is 15.2 Å². The number of anilines is 1. The largest absolute Gasteiger partial charge is 0.493 e. The van der Waals surface area contributed by atoms with E-state index in [1.54, 1.807) is 19.2 Å². The molecule has 0 aliphatic heterocycles. The minimum atomic E-state index is -0.650. The lowest BCUT2D eigenvalue weighted by Gasteiger charge is -2.19. The predicted octanol–water partition coefficient (Wildman–Crippen LogP) is 1.84. The molecule has 0 bridgehead atoms.